The van der Waals surface area contributed by atoms with Crippen molar-refractivity contribution in [1.29, 1.82) is 0 Å². The highest BCUT2D eigenvalue weighted by Crippen LogP contribution is 2.51. The highest BCUT2D eigenvalue weighted by atomic mass is 15.1. The van der Waals surface area contributed by atoms with Crippen LogP contribution in [0.25, 0.3) is 22.3 Å². The lowest BCUT2D eigenvalue weighted by Crippen LogP contribution is -2.16. The van der Waals surface area contributed by atoms with Crippen LogP contribution < -0.4 is 9.80 Å². The molecule has 0 amide bonds. The third-order valence-corrected chi connectivity index (χ3v) is 8.96. The van der Waals surface area contributed by atoms with Crippen LogP contribution in [-0.2, 0) is 5.41 Å². The fourth-order valence-electron chi connectivity index (χ4n) is 6.47. The number of hydrogen-bond acceptors (Lipinski definition) is 2. The summed E-state index contributed by atoms with van der Waals surface area (Å²) in [6.45, 7) is 6.82. The van der Waals surface area contributed by atoms with Gasteiger partial charge in [0.1, 0.15) is 0 Å². The van der Waals surface area contributed by atoms with Crippen LogP contribution in [-0.4, -0.2) is 7.05 Å². The molecule has 0 heterocycles. The molecular formula is C41H36N2. The molecule has 2 nitrogen and oxygen atoms in total. The van der Waals surface area contributed by atoms with Gasteiger partial charge in [0.25, 0.3) is 0 Å². The Morgan fingerprint density at radius 1 is 0.442 bits per heavy atom. The lowest BCUT2D eigenvalue weighted by atomic mass is 9.82. The highest BCUT2D eigenvalue weighted by Gasteiger charge is 2.36. The van der Waals surface area contributed by atoms with Gasteiger partial charge in [0.15, 0.2) is 0 Å². The van der Waals surface area contributed by atoms with Crippen molar-refractivity contribution in [2.24, 2.45) is 0 Å². The average molecular weight is 557 g/mol. The maximum atomic E-state index is 2.39. The van der Waals surface area contributed by atoms with Crippen LogP contribution in [0.5, 0.6) is 0 Å². The van der Waals surface area contributed by atoms with Gasteiger partial charge in [-0.2, -0.15) is 0 Å². The Bertz CT molecular complexity index is 1890. The lowest BCUT2D eigenvalue weighted by molar-refractivity contribution is 0.660. The Hall–Kier alpha value is -5.08. The molecule has 0 aliphatic heterocycles. The Labute approximate surface area is 255 Å². The molecule has 0 spiro atoms. The van der Waals surface area contributed by atoms with Crippen LogP contribution in [0.2, 0.25) is 0 Å². The maximum absolute atomic E-state index is 2.39. The monoisotopic (exact) mass is 556 g/mol. The van der Waals surface area contributed by atoms with Gasteiger partial charge in [-0.1, -0.05) is 104 Å². The van der Waals surface area contributed by atoms with Crippen molar-refractivity contribution in [2.75, 3.05) is 16.8 Å². The summed E-state index contributed by atoms with van der Waals surface area (Å²) in [5.74, 6) is 0. The predicted molar refractivity (Wildman–Crippen MR) is 183 cm³/mol. The van der Waals surface area contributed by atoms with Crippen LogP contribution in [0.1, 0.15) is 30.5 Å². The summed E-state index contributed by atoms with van der Waals surface area (Å²) in [5.41, 5.74) is 14.8. The zero-order valence-corrected chi connectivity index (χ0v) is 25.3. The van der Waals surface area contributed by atoms with Crippen molar-refractivity contribution in [1.82, 2.24) is 0 Å². The van der Waals surface area contributed by atoms with Gasteiger partial charge in [-0.05, 0) is 101 Å². The van der Waals surface area contributed by atoms with Gasteiger partial charge in [-0.15, -0.1) is 0 Å². The first-order chi connectivity index (χ1) is 20.9. The zero-order chi connectivity index (χ0) is 29.6. The topological polar surface area (TPSA) is 6.48 Å². The second kappa shape index (κ2) is 10.6. The Balaban J connectivity index is 1.32. The summed E-state index contributed by atoms with van der Waals surface area (Å²) >= 11 is 0. The van der Waals surface area contributed by atoms with Crippen molar-refractivity contribution in [2.45, 2.75) is 26.2 Å². The molecule has 0 bridgehead atoms. The SMILES string of the molecule is Cc1ccc(-c2ccc(N(c3ccccc3)c3ccc4c(c3)-c3cc(N(C)c5ccccc5)ccc3C4(C)C)cc2)cc1. The number of nitrogens with zero attached hydrogens (tertiary/aromatic N) is 2. The molecule has 0 radical (unpaired) electrons. The molecule has 6 aromatic rings. The number of para-hydroxylation sites is 2. The van der Waals surface area contributed by atoms with E-state index in [0.717, 1.165) is 17.1 Å². The van der Waals surface area contributed by atoms with Crippen LogP contribution >= 0.6 is 0 Å². The van der Waals surface area contributed by atoms with E-state index in [1.165, 1.54) is 50.3 Å². The quantitative estimate of drug-likeness (QED) is 0.201. The standard InChI is InChI=1S/C41H36N2/c1-29-15-17-30(18-16-29)31-19-21-34(22-20-31)43(33-13-9-6-10-14-33)36-24-26-40-38(28-36)37-27-35(23-25-39(37)41(40,2)3)42(4)32-11-7-5-8-12-32/h5-28H,1-4H3. The van der Waals surface area contributed by atoms with Gasteiger partial charge in [0.05, 0.1) is 0 Å². The first-order valence-corrected chi connectivity index (χ1v) is 15.0. The van der Waals surface area contributed by atoms with Crippen molar-refractivity contribution in [3.05, 3.63) is 162 Å². The number of aryl methyl sites for hydroxylation is 1. The van der Waals surface area contributed by atoms with Gasteiger partial charge in [0.2, 0.25) is 0 Å². The Morgan fingerprint density at radius 2 is 0.884 bits per heavy atom. The van der Waals surface area contributed by atoms with E-state index in [9.17, 15) is 0 Å². The molecule has 43 heavy (non-hydrogen) atoms. The number of benzene rings is 6. The molecule has 0 N–H and O–H groups in total. The summed E-state index contributed by atoms with van der Waals surface area (Å²) in [7, 11) is 2.14. The molecule has 0 saturated carbocycles. The molecule has 0 unspecified atom stereocenters. The van der Waals surface area contributed by atoms with Crippen LogP contribution in [0.3, 0.4) is 0 Å². The first kappa shape index (κ1) is 26.8. The van der Waals surface area contributed by atoms with Gasteiger partial charge in [0, 0.05) is 40.9 Å². The molecule has 1 aliphatic carbocycles. The van der Waals surface area contributed by atoms with Gasteiger partial charge in [-0.3, -0.25) is 0 Å². The summed E-state index contributed by atoms with van der Waals surface area (Å²) in [5, 5.41) is 0. The van der Waals surface area contributed by atoms with E-state index in [2.05, 4.69) is 183 Å². The van der Waals surface area contributed by atoms with E-state index < -0.39 is 0 Å². The van der Waals surface area contributed by atoms with Crippen molar-refractivity contribution >= 4 is 28.4 Å². The molecule has 1 aliphatic rings. The maximum Gasteiger partial charge on any atom is 0.0468 e. The van der Waals surface area contributed by atoms with Crippen molar-refractivity contribution in [3.8, 4) is 22.3 Å². The van der Waals surface area contributed by atoms with E-state index in [0.29, 0.717) is 0 Å². The normalized spacial score (nSPS) is 12.8. The Kier molecular flexibility index (Phi) is 6.63. The van der Waals surface area contributed by atoms with E-state index >= 15 is 0 Å². The lowest BCUT2D eigenvalue weighted by Gasteiger charge is -2.27. The van der Waals surface area contributed by atoms with Gasteiger partial charge < -0.3 is 9.80 Å². The minimum atomic E-state index is -0.0691. The molecule has 2 heteroatoms. The molecule has 0 fully saturated rings. The zero-order valence-electron chi connectivity index (χ0n) is 25.3. The van der Waals surface area contributed by atoms with Crippen LogP contribution in [0.4, 0.5) is 28.4 Å². The highest BCUT2D eigenvalue weighted by molar-refractivity contribution is 5.88. The number of anilines is 5. The van der Waals surface area contributed by atoms with Gasteiger partial charge >= 0.3 is 0 Å². The summed E-state index contributed by atoms with van der Waals surface area (Å²) in [6, 6.07) is 52.9. The fourth-order valence-corrected chi connectivity index (χ4v) is 6.47. The minimum absolute atomic E-state index is 0.0691. The largest absolute Gasteiger partial charge is 0.345 e. The van der Waals surface area contributed by atoms with Crippen molar-refractivity contribution in [3.63, 3.8) is 0 Å². The van der Waals surface area contributed by atoms with Crippen LogP contribution in [0, 0.1) is 6.92 Å². The Morgan fingerprint density at radius 3 is 1.47 bits per heavy atom. The molecule has 0 saturated heterocycles. The summed E-state index contributed by atoms with van der Waals surface area (Å²) in [6.07, 6.45) is 0. The van der Waals surface area contributed by atoms with Crippen LogP contribution in [0.15, 0.2) is 146 Å². The smallest absolute Gasteiger partial charge is 0.0468 e. The second-order valence-electron chi connectivity index (χ2n) is 12.1. The third-order valence-electron chi connectivity index (χ3n) is 8.96. The average Bonchev–Trinajstić information content (AvgIpc) is 3.28. The van der Waals surface area contributed by atoms with E-state index in [1.807, 2.05) is 0 Å². The number of hydrogen-bond donors (Lipinski definition) is 0. The molecule has 210 valence electrons. The minimum Gasteiger partial charge on any atom is -0.345 e. The molecule has 7 rings (SSSR count). The van der Waals surface area contributed by atoms with E-state index in [1.54, 1.807) is 0 Å². The van der Waals surface area contributed by atoms with E-state index in [4.69, 9.17) is 0 Å². The second-order valence-corrected chi connectivity index (χ2v) is 12.1. The fraction of sp³-hybridized carbons (Fsp3) is 0.122. The molecule has 0 atom stereocenters. The summed E-state index contributed by atoms with van der Waals surface area (Å²) < 4.78 is 0. The van der Waals surface area contributed by atoms with E-state index in [-0.39, 0.29) is 5.41 Å². The summed E-state index contributed by atoms with van der Waals surface area (Å²) in [4.78, 5) is 4.63. The molecule has 0 aromatic heterocycles. The third kappa shape index (κ3) is 4.79. The number of fused-ring (bicyclic) bond motifs is 3. The molecule has 6 aromatic carbocycles. The number of rotatable bonds is 6. The predicted octanol–water partition coefficient (Wildman–Crippen LogP) is 11.2. The molecular weight excluding hydrogens is 520 g/mol. The van der Waals surface area contributed by atoms with Gasteiger partial charge in [-0.25, -0.2) is 0 Å². The first-order valence-electron chi connectivity index (χ1n) is 15.0. The van der Waals surface area contributed by atoms with Crippen molar-refractivity contribution < 1.29 is 0 Å².